The van der Waals surface area contributed by atoms with Crippen LogP contribution in [0, 0.1) is 11.8 Å². The van der Waals surface area contributed by atoms with E-state index in [1.807, 2.05) is 0 Å². The Labute approximate surface area is 153 Å². The van der Waals surface area contributed by atoms with Crippen LogP contribution in [0.2, 0.25) is 0 Å². The molecule has 0 aliphatic rings. The lowest BCUT2D eigenvalue weighted by Gasteiger charge is -2.07. The van der Waals surface area contributed by atoms with E-state index in [1.165, 1.54) is 0 Å². The van der Waals surface area contributed by atoms with E-state index in [4.69, 9.17) is 14.2 Å². The van der Waals surface area contributed by atoms with Crippen molar-refractivity contribution in [2.24, 2.45) is 11.8 Å². The van der Waals surface area contributed by atoms with E-state index in [0.29, 0.717) is 88.7 Å². The number of rotatable bonds is 18. The minimum Gasteiger partial charge on any atom is -0.379 e. The van der Waals surface area contributed by atoms with E-state index in [9.17, 15) is 9.59 Å². The van der Waals surface area contributed by atoms with Gasteiger partial charge in [0, 0.05) is 38.9 Å². The zero-order valence-electron chi connectivity index (χ0n) is 16.7. The van der Waals surface area contributed by atoms with Crippen LogP contribution in [-0.2, 0) is 23.8 Å². The van der Waals surface area contributed by atoms with Crippen molar-refractivity contribution < 1.29 is 23.8 Å². The molecule has 0 aromatic heterocycles. The molecule has 0 N–H and O–H groups in total. The molecule has 148 valence electrons. The number of ketones is 2. The molecule has 0 bridgehead atoms. The number of Topliss-reactive ketones (excluding diaryl/α,β-unsaturated/α-hetero) is 2. The molecule has 0 atom stereocenters. The molecule has 0 heterocycles. The van der Waals surface area contributed by atoms with Gasteiger partial charge in [0.05, 0.1) is 26.4 Å². The number of ether oxygens (including phenoxy) is 3. The standard InChI is InChI=1S/C20H38O5/c1-17(2)15-19(21)7-5-9-23-11-13-25-14-12-24-10-6-8-20(22)16-18(3)4/h17-18H,5-16H2,1-4H3. The minimum atomic E-state index is 0.318. The van der Waals surface area contributed by atoms with Crippen molar-refractivity contribution >= 4 is 11.6 Å². The monoisotopic (exact) mass is 358 g/mol. The largest absolute Gasteiger partial charge is 0.379 e. The molecule has 5 nitrogen and oxygen atoms in total. The fraction of sp³-hybridized carbons (Fsp3) is 0.900. The number of carbonyl (C=O) groups excluding carboxylic acids is 2. The van der Waals surface area contributed by atoms with Crippen LogP contribution in [0.15, 0.2) is 0 Å². The minimum absolute atomic E-state index is 0.318. The van der Waals surface area contributed by atoms with Gasteiger partial charge in [0.15, 0.2) is 0 Å². The second-order valence-electron chi connectivity index (χ2n) is 7.32. The van der Waals surface area contributed by atoms with E-state index in [2.05, 4.69) is 27.7 Å². The first kappa shape index (κ1) is 24.2. The summed E-state index contributed by atoms with van der Waals surface area (Å²) in [5.74, 6) is 1.50. The highest BCUT2D eigenvalue weighted by Crippen LogP contribution is 2.05. The second-order valence-corrected chi connectivity index (χ2v) is 7.32. The van der Waals surface area contributed by atoms with E-state index < -0.39 is 0 Å². The fourth-order valence-corrected chi connectivity index (χ4v) is 2.40. The molecular weight excluding hydrogens is 320 g/mol. The summed E-state index contributed by atoms with van der Waals surface area (Å²) in [6.07, 6.45) is 4.09. The van der Waals surface area contributed by atoms with Crippen LogP contribution in [0.4, 0.5) is 0 Å². The topological polar surface area (TPSA) is 61.8 Å². The predicted octanol–water partition coefficient (Wildman–Crippen LogP) is 3.83. The Balaban J connectivity index is 3.19. The number of hydrogen-bond donors (Lipinski definition) is 0. The molecule has 0 spiro atoms. The summed E-state index contributed by atoms with van der Waals surface area (Å²) in [6.45, 7) is 11.6. The molecule has 5 heteroatoms. The Morgan fingerprint density at radius 2 is 0.920 bits per heavy atom. The third-order valence-corrected chi connectivity index (χ3v) is 3.50. The Bertz CT molecular complexity index is 307. The molecule has 0 rings (SSSR count). The lowest BCUT2D eigenvalue weighted by Crippen LogP contribution is -2.11. The van der Waals surface area contributed by atoms with Gasteiger partial charge in [-0.1, -0.05) is 27.7 Å². The van der Waals surface area contributed by atoms with Crippen molar-refractivity contribution in [2.45, 2.75) is 66.2 Å². The van der Waals surface area contributed by atoms with E-state index >= 15 is 0 Å². The van der Waals surface area contributed by atoms with Gasteiger partial charge in [-0.3, -0.25) is 9.59 Å². The Morgan fingerprint density at radius 1 is 0.600 bits per heavy atom. The molecule has 0 saturated heterocycles. The molecule has 0 aliphatic carbocycles. The number of carbonyl (C=O) groups is 2. The normalized spacial score (nSPS) is 11.4. The van der Waals surface area contributed by atoms with Gasteiger partial charge in [0.1, 0.15) is 11.6 Å². The Kier molecular flexibility index (Phi) is 16.2. The highest BCUT2D eigenvalue weighted by atomic mass is 16.5. The maximum absolute atomic E-state index is 11.5. The van der Waals surface area contributed by atoms with Crippen LogP contribution < -0.4 is 0 Å². The summed E-state index contributed by atoms with van der Waals surface area (Å²) < 4.78 is 16.3. The predicted molar refractivity (Wildman–Crippen MR) is 99.8 cm³/mol. The van der Waals surface area contributed by atoms with Crippen molar-refractivity contribution in [3.8, 4) is 0 Å². The molecule has 0 unspecified atom stereocenters. The van der Waals surface area contributed by atoms with Crippen molar-refractivity contribution in [1.29, 1.82) is 0 Å². The average Bonchev–Trinajstić information content (AvgIpc) is 2.50. The third kappa shape index (κ3) is 19.4. The van der Waals surface area contributed by atoms with Gasteiger partial charge in [-0.15, -0.1) is 0 Å². The summed E-state index contributed by atoms with van der Waals surface area (Å²) in [5, 5.41) is 0. The van der Waals surface area contributed by atoms with E-state index in [0.717, 1.165) is 12.8 Å². The van der Waals surface area contributed by atoms with Gasteiger partial charge in [0.25, 0.3) is 0 Å². The SMILES string of the molecule is CC(C)CC(=O)CCCOCCOCCOCCCC(=O)CC(C)C. The lowest BCUT2D eigenvalue weighted by atomic mass is 10.0. The summed E-state index contributed by atoms with van der Waals surface area (Å²) >= 11 is 0. The molecule has 0 aromatic carbocycles. The first-order valence-electron chi connectivity index (χ1n) is 9.68. The average molecular weight is 359 g/mol. The quantitative estimate of drug-likeness (QED) is 0.349. The van der Waals surface area contributed by atoms with Crippen molar-refractivity contribution in [2.75, 3.05) is 39.6 Å². The number of hydrogen-bond acceptors (Lipinski definition) is 5. The molecule has 0 aromatic rings. The molecular formula is C20H38O5. The molecule has 0 saturated carbocycles. The Hall–Kier alpha value is -0.780. The van der Waals surface area contributed by atoms with Crippen LogP contribution >= 0.6 is 0 Å². The first-order valence-corrected chi connectivity index (χ1v) is 9.68. The van der Waals surface area contributed by atoms with Crippen LogP contribution in [0.5, 0.6) is 0 Å². The van der Waals surface area contributed by atoms with Gasteiger partial charge in [-0.05, 0) is 24.7 Å². The van der Waals surface area contributed by atoms with Crippen molar-refractivity contribution in [1.82, 2.24) is 0 Å². The molecule has 25 heavy (non-hydrogen) atoms. The van der Waals surface area contributed by atoms with Crippen LogP contribution in [0.1, 0.15) is 66.2 Å². The zero-order chi connectivity index (χ0) is 18.9. The maximum atomic E-state index is 11.5. The lowest BCUT2D eigenvalue weighted by molar-refractivity contribution is -0.120. The van der Waals surface area contributed by atoms with Gasteiger partial charge >= 0.3 is 0 Å². The van der Waals surface area contributed by atoms with E-state index in [-0.39, 0.29) is 0 Å². The summed E-state index contributed by atoms with van der Waals surface area (Å²) in [7, 11) is 0. The maximum Gasteiger partial charge on any atom is 0.133 e. The summed E-state index contributed by atoms with van der Waals surface area (Å²) in [6, 6.07) is 0. The zero-order valence-corrected chi connectivity index (χ0v) is 16.7. The van der Waals surface area contributed by atoms with Gasteiger partial charge in [-0.2, -0.15) is 0 Å². The fourth-order valence-electron chi connectivity index (χ4n) is 2.40. The van der Waals surface area contributed by atoms with Crippen molar-refractivity contribution in [3.63, 3.8) is 0 Å². The highest BCUT2D eigenvalue weighted by molar-refractivity contribution is 5.78. The smallest absolute Gasteiger partial charge is 0.133 e. The molecule has 0 amide bonds. The van der Waals surface area contributed by atoms with Gasteiger partial charge in [-0.25, -0.2) is 0 Å². The molecule has 0 radical (unpaired) electrons. The van der Waals surface area contributed by atoms with Crippen LogP contribution in [0.25, 0.3) is 0 Å². The molecule has 0 aliphatic heterocycles. The second kappa shape index (κ2) is 16.7. The van der Waals surface area contributed by atoms with E-state index in [1.54, 1.807) is 0 Å². The van der Waals surface area contributed by atoms with Crippen LogP contribution in [0.3, 0.4) is 0 Å². The summed E-state index contributed by atoms with van der Waals surface area (Å²) in [4.78, 5) is 23.0. The Morgan fingerprint density at radius 3 is 1.24 bits per heavy atom. The third-order valence-electron chi connectivity index (χ3n) is 3.50. The molecule has 0 fully saturated rings. The first-order chi connectivity index (χ1) is 11.9. The van der Waals surface area contributed by atoms with Gasteiger partial charge < -0.3 is 14.2 Å². The highest BCUT2D eigenvalue weighted by Gasteiger charge is 2.05. The summed E-state index contributed by atoms with van der Waals surface area (Å²) in [5.41, 5.74) is 0. The van der Waals surface area contributed by atoms with Gasteiger partial charge in [0.2, 0.25) is 0 Å². The van der Waals surface area contributed by atoms with Crippen LogP contribution in [-0.4, -0.2) is 51.2 Å². The van der Waals surface area contributed by atoms with Crippen molar-refractivity contribution in [3.05, 3.63) is 0 Å².